The molecule has 6 heterocycles. The first kappa shape index (κ1) is 39.1. The van der Waals surface area contributed by atoms with Gasteiger partial charge in [0.05, 0.1) is 24.5 Å². The predicted octanol–water partition coefficient (Wildman–Crippen LogP) is -3.74. The lowest BCUT2D eigenvalue weighted by Gasteiger charge is -2.25. The van der Waals surface area contributed by atoms with E-state index in [0.29, 0.717) is 0 Å². The fraction of sp³-hybridized carbons (Fsp3) is 0.545. The average molecular weight is 816 g/mol. The van der Waals surface area contributed by atoms with E-state index in [9.17, 15) is 53.3 Å². The lowest BCUT2D eigenvalue weighted by atomic mass is 10.1. The molecule has 0 saturated carbocycles. The van der Waals surface area contributed by atoms with Gasteiger partial charge in [0.1, 0.15) is 38.1 Å². The van der Waals surface area contributed by atoms with E-state index in [2.05, 4.69) is 44.1 Å². The number of nitrogen functional groups attached to an aromatic ring is 2. The van der Waals surface area contributed by atoms with E-state index in [0.717, 1.165) is 22.6 Å². The van der Waals surface area contributed by atoms with Crippen molar-refractivity contribution in [1.29, 1.82) is 0 Å². The molecule has 0 aliphatic carbocycles. The number of phosphoric acid groups is 3. The second kappa shape index (κ2) is 13.9. The van der Waals surface area contributed by atoms with Crippen molar-refractivity contribution in [3.05, 3.63) is 27.0 Å². The van der Waals surface area contributed by atoms with Crippen LogP contribution in [0, 0.1) is 0 Å². The highest BCUT2D eigenvalue weighted by atomic mass is 31.3. The van der Waals surface area contributed by atoms with Gasteiger partial charge < -0.3 is 55.7 Å². The summed E-state index contributed by atoms with van der Waals surface area (Å²) in [7, 11) is -14.8. The van der Waals surface area contributed by atoms with Crippen molar-refractivity contribution in [2.24, 2.45) is 0 Å². The smallest absolute Gasteiger partial charge is 0.387 e. The summed E-state index contributed by atoms with van der Waals surface area (Å²) in [5, 5.41) is 32.5. The second-order valence-electron chi connectivity index (χ2n) is 11.5. The summed E-state index contributed by atoms with van der Waals surface area (Å²) in [4.78, 5) is 71.0. The number of imidazole rings is 1. The maximum Gasteiger partial charge on any atom is 0.490 e. The van der Waals surface area contributed by atoms with Gasteiger partial charge in [-0.05, 0) is 0 Å². The first-order chi connectivity index (χ1) is 24.6. The Morgan fingerprint density at radius 3 is 2.25 bits per heavy atom. The molecule has 28 nitrogen and oxygen atoms in total. The summed E-state index contributed by atoms with van der Waals surface area (Å²) in [5.41, 5.74) is 7.26. The number of rotatable bonds is 13. The molecule has 12 N–H and O–H groups in total. The molecule has 3 aromatic heterocycles. The lowest BCUT2D eigenvalue weighted by Crippen LogP contribution is -2.53. The van der Waals surface area contributed by atoms with Gasteiger partial charge in [-0.1, -0.05) is 4.58 Å². The zero-order valence-electron chi connectivity index (χ0n) is 26.9. The molecule has 0 aromatic carbocycles. The number of nitrogens with two attached hydrogens (primary N) is 2. The van der Waals surface area contributed by atoms with Gasteiger partial charge in [-0.2, -0.15) is 13.6 Å². The average Bonchev–Trinajstić information content (AvgIpc) is 3.77. The molecule has 290 valence electrons. The van der Waals surface area contributed by atoms with Gasteiger partial charge in [0.2, 0.25) is 5.95 Å². The summed E-state index contributed by atoms with van der Waals surface area (Å²) in [6.07, 6.45) is -8.47. The normalized spacial score (nSPS) is 30.4. The van der Waals surface area contributed by atoms with Gasteiger partial charge in [0.25, 0.3) is 11.3 Å². The summed E-state index contributed by atoms with van der Waals surface area (Å²) >= 11 is 0. The van der Waals surface area contributed by atoms with Crippen LogP contribution in [-0.4, -0.2) is 145 Å². The first-order valence-electron chi connectivity index (χ1n) is 14.7. The molecule has 0 radical (unpaired) electrons. The maximum atomic E-state index is 12.6. The minimum Gasteiger partial charge on any atom is -0.387 e. The van der Waals surface area contributed by atoms with E-state index in [1.54, 1.807) is 0 Å². The van der Waals surface area contributed by atoms with E-state index >= 15 is 0 Å². The van der Waals surface area contributed by atoms with Crippen LogP contribution in [0.1, 0.15) is 6.23 Å². The molecular formula is C22H31N10O18P3+2. The first-order valence-corrected chi connectivity index (χ1v) is 19.1. The molecular weight excluding hydrogens is 785 g/mol. The van der Waals surface area contributed by atoms with Crippen molar-refractivity contribution in [3.63, 3.8) is 0 Å². The molecule has 0 amide bonds. The van der Waals surface area contributed by atoms with Gasteiger partial charge in [-0.15, -0.1) is 4.58 Å². The number of H-pyrrole nitrogens is 2. The monoisotopic (exact) mass is 816 g/mol. The zero-order chi connectivity index (χ0) is 38.8. The summed E-state index contributed by atoms with van der Waals surface area (Å²) in [6, 6.07) is 2.68. The third kappa shape index (κ3) is 7.55. The number of fused-ring (bicyclic) bond motifs is 2. The Balaban J connectivity index is 1.05. The molecule has 0 bridgehead atoms. The van der Waals surface area contributed by atoms with Crippen LogP contribution in [0.2, 0.25) is 0 Å². The van der Waals surface area contributed by atoms with Crippen molar-refractivity contribution in [2.45, 2.75) is 42.5 Å². The van der Waals surface area contributed by atoms with Gasteiger partial charge in [-0.3, -0.25) is 33.2 Å². The van der Waals surface area contributed by atoms with E-state index in [1.807, 2.05) is 0 Å². The van der Waals surface area contributed by atoms with Gasteiger partial charge in [0, 0.05) is 7.11 Å². The standard InChI is InChI=1S/C22H29N10O18P3/c1-30-7-32(16-11(30)18(36)29-21(24)27-16)22(37)5-45-9(14(22)44-2)4-47-52(40,41)50-53(42,43)49-51(38,39)46-3-8-12(33)13(34)19(48-8)31-6-25-10-15(31)26-20(23)28-17(10)35/h6,8-9,12-14,19,33-34,37H,3-5H2,1-2H3,(H7-2,23,24,26,27,28,29,35,36,38,39,40,41,42,43)/p+2/t8-,9-,12?,13+,14?,19-,22?/m1/s1. The van der Waals surface area contributed by atoms with Crippen molar-refractivity contribution in [2.75, 3.05) is 45.4 Å². The van der Waals surface area contributed by atoms with Crippen molar-refractivity contribution in [1.82, 2.24) is 29.5 Å². The van der Waals surface area contributed by atoms with Crippen LogP contribution in [0.25, 0.3) is 11.2 Å². The number of phosphoric ester groups is 2. The predicted molar refractivity (Wildman–Crippen MR) is 168 cm³/mol. The van der Waals surface area contributed by atoms with Crippen LogP contribution in [0.4, 0.5) is 23.4 Å². The van der Waals surface area contributed by atoms with Crippen LogP contribution in [-0.2, 0) is 45.6 Å². The van der Waals surface area contributed by atoms with Gasteiger partial charge >= 0.3 is 52.5 Å². The van der Waals surface area contributed by atoms with Crippen LogP contribution < -0.4 is 22.6 Å². The number of ether oxygens (including phenoxy) is 3. The van der Waals surface area contributed by atoms with E-state index in [4.69, 9.17) is 30.2 Å². The largest absolute Gasteiger partial charge is 0.490 e. The Morgan fingerprint density at radius 1 is 1.00 bits per heavy atom. The summed E-state index contributed by atoms with van der Waals surface area (Å²) in [5.74, 6) is -0.730. The Hall–Kier alpha value is -3.62. The number of hydrogen-bond acceptors (Lipinski definition) is 20. The van der Waals surface area contributed by atoms with Gasteiger partial charge in [0.15, 0.2) is 23.5 Å². The number of aliphatic hydroxyl groups excluding tert-OH is 2. The van der Waals surface area contributed by atoms with Crippen LogP contribution in [0.15, 0.2) is 15.9 Å². The molecule has 53 heavy (non-hydrogen) atoms. The number of aromatic nitrogens is 6. The van der Waals surface area contributed by atoms with Gasteiger partial charge in [-0.25, -0.2) is 18.7 Å². The lowest BCUT2D eigenvalue weighted by molar-refractivity contribution is -0.603. The molecule has 3 aromatic rings. The fourth-order valence-corrected chi connectivity index (χ4v) is 9.22. The SMILES string of the molecule is COC1[C@@H](COP(=O)(O)OP(=O)(O)OP(=O)(O)OC[C@H]2O[C@@H](n3cnc4c(=O)[nH]c(N)nc43)[C@@H](O)C2O)OCC1(O)[N+]1=C=[N+](C)c2c1nc(N)[nH]c2=O. The highest BCUT2D eigenvalue weighted by molar-refractivity contribution is 7.66. The molecule has 2 fully saturated rings. The Morgan fingerprint density at radius 2 is 1.60 bits per heavy atom. The van der Waals surface area contributed by atoms with Crippen molar-refractivity contribution >= 4 is 64.0 Å². The number of hydrogen-bond donors (Lipinski definition) is 10. The van der Waals surface area contributed by atoms with Crippen molar-refractivity contribution in [3.8, 4) is 0 Å². The van der Waals surface area contributed by atoms with E-state index in [-0.39, 0.29) is 34.6 Å². The third-order valence-corrected chi connectivity index (χ3v) is 12.2. The Bertz CT molecular complexity index is 2290. The van der Waals surface area contributed by atoms with Crippen molar-refractivity contribution < 1.29 is 84.7 Å². The molecule has 3 aliphatic heterocycles. The minimum atomic E-state index is -5.98. The summed E-state index contributed by atoms with van der Waals surface area (Å²) < 4.78 is 74.7. The molecule has 6 unspecified atom stereocenters. The second-order valence-corrected chi connectivity index (χ2v) is 16.1. The molecule has 3 aliphatic rings. The Labute approximate surface area is 293 Å². The van der Waals surface area contributed by atoms with E-state index < -0.39 is 96.9 Å². The Kier molecular flexibility index (Phi) is 10.3. The highest BCUT2D eigenvalue weighted by Gasteiger charge is 2.62. The van der Waals surface area contributed by atoms with Crippen LogP contribution >= 0.6 is 23.5 Å². The molecule has 10 atom stereocenters. The number of nitrogens with zero attached hydrogens (tertiary/aromatic N) is 6. The highest BCUT2D eigenvalue weighted by Crippen LogP contribution is 2.68. The van der Waals surface area contributed by atoms with Crippen LogP contribution in [0.5, 0.6) is 0 Å². The minimum absolute atomic E-state index is 0.0430. The molecule has 6 rings (SSSR count). The molecule has 0 spiro atoms. The fourth-order valence-electron chi connectivity index (χ4n) is 5.70. The number of aliphatic hydroxyl groups is 3. The number of nitrogens with one attached hydrogen (secondary N) is 2. The van der Waals surface area contributed by atoms with E-state index in [1.165, 1.54) is 11.6 Å². The molecule has 31 heteroatoms. The number of methoxy groups -OCH3 is 1. The summed E-state index contributed by atoms with van der Waals surface area (Å²) in [6.45, 7) is -2.63. The molecule has 2 saturated heterocycles. The van der Waals surface area contributed by atoms with Crippen LogP contribution in [0.3, 0.4) is 0 Å². The number of aromatic amines is 2. The maximum absolute atomic E-state index is 12.6. The topological polar surface area (TPSA) is 405 Å². The zero-order valence-corrected chi connectivity index (χ0v) is 29.6. The number of anilines is 2. The quantitative estimate of drug-likeness (QED) is 0.0585. The third-order valence-electron chi connectivity index (χ3n) is 7.92.